The second-order valence-corrected chi connectivity index (χ2v) is 3.96. The summed E-state index contributed by atoms with van der Waals surface area (Å²) in [4.78, 5) is 10.8. The van der Waals surface area contributed by atoms with Gasteiger partial charge in [-0.2, -0.15) is 0 Å². The van der Waals surface area contributed by atoms with E-state index in [4.69, 9.17) is 16.3 Å². The van der Waals surface area contributed by atoms with E-state index in [1.165, 1.54) is 6.92 Å². The average molecular weight is 258 g/mol. The van der Waals surface area contributed by atoms with Crippen molar-refractivity contribution in [3.05, 3.63) is 24.3 Å². The number of hydrogen-bond acceptors (Lipinski definition) is 3. The largest absolute Gasteiger partial charge is 0.493 e. The Morgan fingerprint density at radius 1 is 1.47 bits per heavy atom. The van der Waals surface area contributed by atoms with Crippen LogP contribution in [0, 0.1) is 0 Å². The highest BCUT2D eigenvalue weighted by Gasteiger charge is 2.02. The molecule has 0 aromatic heterocycles. The Labute approximate surface area is 106 Å². The number of carbonyl (C=O) groups is 1. The average Bonchev–Trinajstić information content (AvgIpc) is 2.30. The standard InChI is InChI=1S/C12H16ClNO3/c1-9(15)14-10-2-4-12(5-3-10)17-7-6-11(16)8-13/h2-5,11,16H,6-8H2,1H3,(H,14,15). The van der Waals surface area contributed by atoms with Crippen molar-refractivity contribution >= 4 is 23.2 Å². The molecule has 17 heavy (non-hydrogen) atoms. The summed E-state index contributed by atoms with van der Waals surface area (Å²) in [5.41, 5.74) is 0.727. The van der Waals surface area contributed by atoms with Crippen LogP contribution in [0.4, 0.5) is 5.69 Å². The number of aliphatic hydroxyl groups excluding tert-OH is 1. The van der Waals surface area contributed by atoms with Gasteiger partial charge in [0.2, 0.25) is 5.91 Å². The number of benzene rings is 1. The minimum atomic E-state index is -0.532. The molecular weight excluding hydrogens is 242 g/mol. The fourth-order valence-electron chi connectivity index (χ4n) is 1.23. The Kier molecular flexibility index (Phi) is 5.80. The van der Waals surface area contributed by atoms with Gasteiger partial charge in [-0.15, -0.1) is 11.6 Å². The van der Waals surface area contributed by atoms with E-state index in [0.29, 0.717) is 18.8 Å². The number of anilines is 1. The van der Waals surface area contributed by atoms with Crippen molar-refractivity contribution in [2.45, 2.75) is 19.4 Å². The second-order valence-electron chi connectivity index (χ2n) is 3.65. The van der Waals surface area contributed by atoms with E-state index >= 15 is 0 Å². The molecule has 1 aromatic carbocycles. The SMILES string of the molecule is CC(=O)Nc1ccc(OCCC(O)CCl)cc1. The highest BCUT2D eigenvalue weighted by molar-refractivity contribution is 6.18. The highest BCUT2D eigenvalue weighted by atomic mass is 35.5. The number of carbonyl (C=O) groups excluding carboxylic acids is 1. The molecule has 1 amide bonds. The first-order chi connectivity index (χ1) is 8.11. The number of alkyl halides is 1. The third-order valence-corrected chi connectivity index (χ3v) is 2.43. The predicted octanol–water partition coefficient (Wildman–Crippen LogP) is 2.01. The van der Waals surface area contributed by atoms with E-state index in [-0.39, 0.29) is 11.8 Å². The van der Waals surface area contributed by atoms with Gasteiger partial charge in [0.05, 0.1) is 12.7 Å². The quantitative estimate of drug-likeness (QED) is 0.767. The normalized spacial score (nSPS) is 11.9. The second kappa shape index (κ2) is 7.14. The van der Waals surface area contributed by atoms with E-state index < -0.39 is 6.10 Å². The number of halogens is 1. The number of ether oxygens (including phenoxy) is 1. The summed E-state index contributed by atoms with van der Waals surface area (Å²) in [7, 11) is 0. The zero-order chi connectivity index (χ0) is 12.7. The summed E-state index contributed by atoms with van der Waals surface area (Å²) in [5, 5.41) is 11.9. The topological polar surface area (TPSA) is 58.6 Å². The number of hydrogen-bond donors (Lipinski definition) is 2. The number of nitrogens with one attached hydrogen (secondary N) is 1. The maximum absolute atomic E-state index is 10.8. The third kappa shape index (κ3) is 5.56. The van der Waals surface area contributed by atoms with Crippen LogP contribution in [0.15, 0.2) is 24.3 Å². The van der Waals surface area contributed by atoms with Gasteiger partial charge in [-0.1, -0.05) is 0 Å². The van der Waals surface area contributed by atoms with Gasteiger partial charge >= 0.3 is 0 Å². The summed E-state index contributed by atoms with van der Waals surface area (Å²) in [5.74, 6) is 0.801. The zero-order valence-electron chi connectivity index (χ0n) is 9.65. The van der Waals surface area contributed by atoms with Crippen LogP contribution in [0.5, 0.6) is 5.75 Å². The molecule has 1 aromatic rings. The Morgan fingerprint density at radius 2 is 2.12 bits per heavy atom. The summed E-state index contributed by atoms with van der Waals surface area (Å²) in [6.45, 7) is 1.87. The van der Waals surface area contributed by atoms with Crippen molar-refractivity contribution in [1.29, 1.82) is 0 Å². The van der Waals surface area contributed by atoms with Crippen LogP contribution in [-0.4, -0.2) is 29.6 Å². The molecule has 0 aliphatic carbocycles. The van der Waals surface area contributed by atoms with Gasteiger partial charge in [-0.05, 0) is 24.3 Å². The van der Waals surface area contributed by atoms with Crippen molar-refractivity contribution in [1.82, 2.24) is 0 Å². The lowest BCUT2D eigenvalue weighted by Gasteiger charge is -2.09. The lowest BCUT2D eigenvalue weighted by molar-refractivity contribution is -0.114. The molecule has 5 heteroatoms. The van der Waals surface area contributed by atoms with Crippen molar-refractivity contribution in [3.63, 3.8) is 0 Å². The molecule has 0 spiro atoms. The van der Waals surface area contributed by atoms with Crippen LogP contribution >= 0.6 is 11.6 Å². The van der Waals surface area contributed by atoms with Gasteiger partial charge in [0.1, 0.15) is 5.75 Å². The fourth-order valence-corrected chi connectivity index (χ4v) is 1.38. The first kappa shape index (κ1) is 13.8. The molecule has 0 aliphatic heterocycles. The van der Waals surface area contributed by atoms with Crippen molar-refractivity contribution in [2.75, 3.05) is 17.8 Å². The lowest BCUT2D eigenvalue weighted by atomic mass is 10.3. The van der Waals surface area contributed by atoms with Crippen molar-refractivity contribution < 1.29 is 14.6 Å². The summed E-state index contributed by atoms with van der Waals surface area (Å²) in [6, 6.07) is 7.04. The molecular formula is C12H16ClNO3. The van der Waals surface area contributed by atoms with E-state index in [2.05, 4.69) is 5.32 Å². The van der Waals surface area contributed by atoms with Gasteiger partial charge in [0.15, 0.2) is 0 Å². The smallest absolute Gasteiger partial charge is 0.221 e. The van der Waals surface area contributed by atoms with Crippen LogP contribution in [-0.2, 0) is 4.79 Å². The lowest BCUT2D eigenvalue weighted by Crippen LogP contribution is -2.13. The van der Waals surface area contributed by atoms with Gasteiger partial charge in [0, 0.05) is 24.9 Å². The van der Waals surface area contributed by atoms with Crippen LogP contribution < -0.4 is 10.1 Å². The molecule has 0 aliphatic rings. The molecule has 0 saturated heterocycles. The van der Waals surface area contributed by atoms with Crippen molar-refractivity contribution in [2.24, 2.45) is 0 Å². The fraction of sp³-hybridized carbons (Fsp3) is 0.417. The Balaban J connectivity index is 2.37. The molecule has 0 heterocycles. The minimum Gasteiger partial charge on any atom is -0.493 e. The van der Waals surface area contributed by atoms with Gasteiger partial charge in [-0.25, -0.2) is 0 Å². The number of aliphatic hydroxyl groups is 1. The molecule has 0 fully saturated rings. The molecule has 94 valence electrons. The predicted molar refractivity (Wildman–Crippen MR) is 67.6 cm³/mol. The number of amides is 1. The van der Waals surface area contributed by atoms with Crippen LogP contribution in [0.1, 0.15) is 13.3 Å². The van der Waals surface area contributed by atoms with E-state index in [9.17, 15) is 9.90 Å². The summed E-state index contributed by atoms with van der Waals surface area (Å²) < 4.78 is 5.41. The van der Waals surface area contributed by atoms with Crippen molar-refractivity contribution in [3.8, 4) is 5.75 Å². The van der Waals surface area contributed by atoms with Gasteiger partial charge in [-0.3, -0.25) is 4.79 Å². The van der Waals surface area contributed by atoms with Crippen LogP contribution in [0.2, 0.25) is 0 Å². The molecule has 2 N–H and O–H groups in total. The van der Waals surface area contributed by atoms with Gasteiger partial charge in [0.25, 0.3) is 0 Å². The van der Waals surface area contributed by atoms with E-state index in [1.54, 1.807) is 24.3 Å². The molecule has 1 rings (SSSR count). The van der Waals surface area contributed by atoms with Crippen LogP contribution in [0.3, 0.4) is 0 Å². The monoisotopic (exact) mass is 257 g/mol. The third-order valence-electron chi connectivity index (χ3n) is 2.07. The van der Waals surface area contributed by atoms with Crippen LogP contribution in [0.25, 0.3) is 0 Å². The molecule has 0 saturated carbocycles. The molecule has 0 bridgehead atoms. The Morgan fingerprint density at radius 3 is 2.65 bits per heavy atom. The maximum atomic E-state index is 10.8. The highest BCUT2D eigenvalue weighted by Crippen LogP contribution is 2.15. The van der Waals surface area contributed by atoms with Gasteiger partial charge < -0.3 is 15.2 Å². The first-order valence-electron chi connectivity index (χ1n) is 5.36. The molecule has 4 nitrogen and oxygen atoms in total. The zero-order valence-corrected chi connectivity index (χ0v) is 10.4. The summed E-state index contributed by atoms with van der Waals surface area (Å²) >= 11 is 5.46. The molecule has 1 unspecified atom stereocenters. The Bertz CT molecular complexity index is 353. The minimum absolute atomic E-state index is 0.107. The van der Waals surface area contributed by atoms with E-state index in [1.807, 2.05) is 0 Å². The maximum Gasteiger partial charge on any atom is 0.221 e. The van der Waals surface area contributed by atoms with E-state index in [0.717, 1.165) is 5.69 Å². The number of rotatable bonds is 6. The Hall–Kier alpha value is -1.26. The summed E-state index contributed by atoms with van der Waals surface area (Å²) in [6.07, 6.45) is -0.0351. The molecule has 0 radical (unpaired) electrons. The molecule has 1 atom stereocenters. The first-order valence-corrected chi connectivity index (χ1v) is 5.89.